The first-order valence-corrected chi connectivity index (χ1v) is 6.39. The van der Waals surface area contributed by atoms with Gasteiger partial charge in [-0.05, 0) is 31.9 Å². The molecule has 1 aliphatic rings. The molecule has 0 atom stereocenters. The number of carbonyl (C=O) groups is 1. The third-order valence-corrected chi connectivity index (χ3v) is 3.56. The Morgan fingerprint density at radius 3 is 2.78 bits per heavy atom. The predicted molar refractivity (Wildman–Crippen MR) is 71.0 cm³/mol. The summed E-state index contributed by atoms with van der Waals surface area (Å²) in [4.78, 5) is 16.3. The van der Waals surface area contributed by atoms with Gasteiger partial charge in [-0.25, -0.2) is 10.8 Å². The molecule has 1 aromatic heterocycles. The van der Waals surface area contributed by atoms with E-state index in [9.17, 15) is 4.79 Å². The van der Waals surface area contributed by atoms with Gasteiger partial charge in [0.2, 0.25) is 0 Å². The molecule has 0 bridgehead atoms. The first-order chi connectivity index (χ1) is 8.64. The number of nitrogens with one attached hydrogen (secondary N) is 2. The number of hydrogen-bond acceptors (Lipinski definition) is 4. The van der Waals surface area contributed by atoms with E-state index in [0.717, 1.165) is 12.8 Å². The number of hydrogen-bond donors (Lipinski definition) is 3. The molecule has 5 heteroatoms. The van der Waals surface area contributed by atoms with Gasteiger partial charge < -0.3 is 10.7 Å². The Hall–Kier alpha value is -1.62. The van der Waals surface area contributed by atoms with Crippen molar-refractivity contribution in [2.45, 2.75) is 44.6 Å². The zero-order valence-electron chi connectivity index (χ0n) is 10.7. The molecule has 0 saturated heterocycles. The lowest BCUT2D eigenvalue weighted by Crippen LogP contribution is -2.47. The number of rotatable bonds is 3. The molecule has 5 nitrogen and oxygen atoms in total. The Labute approximate surface area is 107 Å². The van der Waals surface area contributed by atoms with Gasteiger partial charge in [0.25, 0.3) is 5.91 Å². The van der Waals surface area contributed by atoms with Crippen LogP contribution in [-0.4, -0.2) is 16.4 Å². The van der Waals surface area contributed by atoms with E-state index in [-0.39, 0.29) is 11.4 Å². The molecule has 0 aromatic carbocycles. The highest BCUT2D eigenvalue weighted by atomic mass is 16.1. The van der Waals surface area contributed by atoms with Gasteiger partial charge in [0, 0.05) is 11.7 Å². The molecule has 1 aliphatic carbocycles. The lowest BCUT2D eigenvalue weighted by atomic mass is 9.83. The number of anilines is 1. The van der Waals surface area contributed by atoms with Gasteiger partial charge in [-0.2, -0.15) is 0 Å². The highest BCUT2D eigenvalue weighted by Crippen LogP contribution is 2.28. The minimum Gasteiger partial charge on any atom is -0.347 e. The van der Waals surface area contributed by atoms with Crippen LogP contribution in [0.15, 0.2) is 18.3 Å². The standard InChI is InChI=1S/C13H20N4O/c1-13(7-3-2-4-8-13)16-12(18)10-6-5-9-15-11(10)17-14/h5-6,9H,2-4,7-8,14H2,1H3,(H,15,17)(H,16,18). The van der Waals surface area contributed by atoms with Crippen LogP contribution in [0.3, 0.4) is 0 Å². The number of hydrazine groups is 1. The number of pyridine rings is 1. The van der Waals surface area contributed by atoms with E-state index in [4.69, 9.17) is 5.84 Å². The van der Waals surface area contributed by atoms with Crippen LogP contribution in [0.1, 0.15) is 49.4 Å². The maximum atomic E-state index is 12.3. The van der Waals surface area contributed by atoms with Crippen molar-refractivity contribution in [3.8, 4) is 0 Å². The molecular formula is C13H20N4O. The van der Waals surface area contributed by atoms with E-state index in [1.165, 1.54) is 19.3 Å². The fourth-order valence-electron chi connectivity index (χ4n) is 2.50. The molecule has 0 spiro atoms. The van der Waals surface area contributed by atoms with Gasteiger partial charge in [0.15, 0.2) is 5.82 Å². The van der Waals surface area contributed by atoms with Crippen molar-refractivity contribution in [2.24, 2.45) is 5.84 Å². The van der Waals surface area contributed by atoms with Crippen molar-refractivity contribution < 1.29 is 4.79 Å². The summed E-state index contributed by atoms with van der Waals surface area (Å²) in [5.41, 5.74) is 2.85. The van der Waals surface area contributed by atoms with E-state index in [2.05, 4.69) is 22.7 Å². The molecule has 0 unspecified atom stereocenters. The summed E-state index contributed by atoms with van der Waals surface area (Å²) in [5.74, 6) is 5.66. The summed E-state index contributed by atoms with van der Waals surface area (Å²) in [6.45, 7) is 2.11. The largest absolute Gasteiger partial charge is 0.347 e. The van der Waals surface area contributed by atoms with Crippen LogP contribution in [0.25, 0.3) is 0 Å². The van der Waals surface area contributed by atoms with Gasteiger partial charge in [0.1, 0.15) is 0 Å². The Bertz CT molecular complexity index is 427. The summed E-state index contributed by atoms with van der Waals surface area (Å²) in [7, 11) is 0. The molecule has 1 fully saturated rings. The Morgan fingerprint density at radius 2 is 2.11 bits per heavy atom. The average molecular weight is 248 g/mol. The third-order valence-electron chi connectivity index (χ3n) is 3.56. The first kappa shape index (κ1) is 12.8. The van der Waals surface area contributed by atoms with Crippen LogP contribution in [0.2, 0.25) is 0 Å². The lowest BCUT2D eigenvalue weighted by Gasteiger charge is -2.34. The van der Waals surface area contributed by atoms with Crippen LogP contribution in [0.4, 0.5) is 5.82 Å². The smallest absolute Gasteiger partial charge is 0.255 e. The van der Waals surface area contributed by atoms with Crippen molar-refractivity contribution in [1.82, 2.24) is 10.3 Å². The summed E-state index contributed by atoms with van der Waals surface area (Å²) < 4.78 is 0. The Kier molecular flexibility index (Phi) is 3.81. The molecule has 1 saturated carbocycles. The molecule has 1 aromatic rings. The molecule has 1 heterocycles. The van der Waals surface area contributed by atoms with E-state index in [0.29, 0.717) is 11.4 Å². The minimum absolute atomic E-state index is 0.100. The number of aromatic nitrogens is 1. The summed E-state index contributed by atoms with van der Waals surface area (Å²) in [6, 6.07) is 3.46. The molecule has 0 radical (unpaired) electrons. The Morgan fingerprint density at radius 1 is 1.39 bits per heavy atom. The van der Waals surface area contributed by atoms with Crippen molar-refractivity contribution in [2.75, 3.05) is 5.43 Å². The maximum absolute atomic E-state index is 12.3. The van der Waals surface area contributed by atoms with E-state index < -0.39 is 0 Å². The second-order valence-corrected chi connectivity index (χ2v) is 5.12. The molecular weight excluding hydrogens is 228 g/mol. The Balaban J connectivity index is 2.11. The van der Waals surface area contributed by atoms with Crippen molar-refractivity contribution in [3.05, 3.63) is 23.9 Å². The van der Waals surface area contributed by atoms with Gasteiger partial charge in [0.05, 0.1) is 5.56 Å². The van der Waals surface area contributed by atoms with Gasteiger partial charge in [-0.15, -0.1) is 0 Å². The van der Waals surface area contributed by atoms with Crippen molar-refractivity contribution in [3.63, 3.8) is 0 Å². The van der Waals surface area contributed by atoms with Crippen LogP contribution >= 0.6 is 0 Å². The zero-order valence-corrected chi connectivity index (χ0v) is 10.7. The van der Waals surface area contributed by atoms with Crippen molar-refractivity contribution >= 4 is 11.7 Å². The fraction of sp³-hybridized carbons (Fsp3) is 0.538. The molecule has 4 N–H and O–H groups in total. The summed E-state index contributed by atoms with van der Waals surface area (Å²) >= 11 is 0. The van der Waals surface area contributed by atoms with Gasteiger partial charge >= 0.3 is 0 Å². The summed E-state index contributed by atoms with van der Waals surface area (Å²) in [6.07, 6.45) is 7.27. The van der Waals surface area contributed by atoms with E-state index >= 15 is 0 Å². The fourth-order valence-corrected chi connectivity index (χ4v) is 2.50. The SMILES string of the molecule is CC1(NC(=O)c2cccnc2NN)CCCCC1. The molecule has 2 rings (SSSR count). The topological polar surface area (TPSA) is 80.0 Å². The second kappa shape index (κ2) is 5.35. The highest BCUT2D eigenvalue weighted by molar-refractivity contribution is 5.99. The third kappa shape index (κ3) is 2.79. The van der Waals surface area contributed by atoms with Crippen LogP contribution in [0, 0.1) is 0 Å². The number of carbonyl (C=O) groups excluding carboxylic acids is 1. The zero-order chi connectivity index (χ0) is 13.0. The lowest BCUT2D eigenvalue weighted by molar-refractivity contribution is 0.0883. The average Bonchev–Trinajstić information content (AvgIpc) is 2.39. The van der Waals surface area contributed by atoms with Crippen LogP contribution < -0.4 is 16.6 Å². The van der Waals surface area contributed by atoms with Crippen LogP contribution in [0.5, 0.6) is 0 Å². The predicted octanol–water partition coefficient (Wildman–Crippen LogP) is 1.82. The number of nitrogens with zero attached hydrogens (tertiary/aromatic N) is 1. The van der Waals surface area contributed by atoms with E-state index in [1.54, 1.807) is 18.3 Å². The normalized spacial score (nSPS) is 18.1. The number of nitrogens with two attached hydrogens (primary N) is 1. The quantitative estimate of drug-likeness (QED) is 0.563. The van der Waals surface area contributed by atoms with Crippen molar-refractivity contribution in [1.29, 1.82) is 0 Å². The number of amides is 1. The van der Waals surface area contributed by atoms with E-state index in [1.807, 2.05) is 0 Å². The highest BCUT2D eigenvalue weighted by Gasteiger charge is 2.29. The van der Waals surface area contributed by atoms with Crippen LogP contribution in [-0.2, 0) is 0 Å². The number of nitrogen functional groups attached to an aromatic ring is 1. The molecule has 1 amide bonds. The molecule has 98 valence electrons. The maximum Gasteiger partial charge on any atom is 0.255 e. The first-order valence-electron chi connectivity index (χ1n) is 6.39. The minimum atomic E-state index is -0.111. The summed E-state index contributed by atoms with van der Waals surface area (Å²) in [5, 5.41) is 3.11. The molecule has 18 heavy (non-hydrogen) atoms. The monoisotopic (exact) mass is 248 g/mol. The van der Waals surface area contributed by atoms with Gasteiger partial charge in [-0.3, -0.25) is 4.79 Å². The second-order valence-electron chi connectivity index (χ2n) is 5.12. The molecule has 0 aliphatic heterocycles. The van der Waals surface area contributed by atoms with Gasteiger partial charge in [-0.1, -0.05) is 19.3 Å².